The van der Waals surface area contributed by atoms with Crippen LogP contribution in [0, 0.1) is 0 Å². The van der Waals surface area contributed by atoms with Gasteiger partial charge in [-0.15, -0.1) is 0 Å². The van der Waals surface area contributed by atoms with Crippen molar-refractivity contribution in [2.75, 3.05) is 12.4 Å². The minimum Gasteiger partial charge on any atom is -0.373 e. The number of aromatic nitrogens is 2. The molecule has 0 unspecified atom stereocenters. The van der Waals surface area contributed by atoms with E-state index >= 15 is 0 Å². The molecule has 2 N–H and O–H groups in total. The first-order valence-corrected chi connectivity index (χ1v) is 5.11. The van der Waals surface area contributed by atoms with Gasteiger partial charge in [-0.1, -0.05) is 6.42 Å². The van der Waals surface area contributed by atoms with Gasteiger partial charge in [0.05, 0.1) is 0 Å². The van der Waals surface area contributed by atoms with Crippen LogP contribution in [-0.4, -0.2) is 17.0 Å². The Balaban J connectivity index is 2.52. The van der Waals surface area contributed by atoms with Crippen LogP contribution >= 0.6 is 0 Å². The molecule has 0 saturated heterocycles. The standard InChI is InChI=1S/C10H15N3O/c1-11-9-7-5-3-2-4-6-8(7)12-10(14)13-9/h2-6H2,1H3,(H2,11,12,13,14). The molecule has 0 amide bonds. The Labute approximate surface area is 82.8 Å². The number of fused-ring (bicyclic) bond motifs is 1. The molecule has 0 spiro atoms. The number of aromatic amines is 1. The molecule has 1 aliphatic carbocycles. The molecule has 0 aliphatic heterocycles. The van der Waals surface area contributed by atoms with Gasteiger partial charge in [0.25, 0.3) is 0 Å². The molecular weight excluding hydrogens is 178 g/mol. The monoisotopic (exact) mass is 193 g/mol. The van der Waals surface area contributed by atoms with Gasteiger partial charge in [0.1, 0.15) is 5.82 Å². The average molecular weight is 193 g/mol. The van der Waals surface area contributed by atoms with Gasteiger partial charge in [0.15, 0.2) is 0 Å². The summed E-state index contributed by atoms with van der Waals surface area (Å²) in [4.78, 5) is 18.0. The molecule has 0 atom stereocenters. The van der Waals surface area contributed by atoms with Crippen molar-refractivity contribution in [1.82, 2.24) is 9.97 Å². The van der Waals surface area contributed by atoms with E-state index in [9.17, 15) is 4.79 Å². The van der Waals surface area contributed by atoms with Crippen molar-refractivity contribution in [2.24, 2.45) is 0 Å². The first-order valence-electron chi connectivity index (χ1n) is 5.11. The first-order chi connectivity index (χ1) is 6.81. The zero-order valence-electron chi connectivity index (χ0n) is 8.39. The van der Waals surface area contributed by atoms with E-state index in [0.29, 0.717) is 0 Å². The molecule has 4 heteroatoms. The van der Waals surface area contributed by atoms with Crippen molar-refractivity contribution in [3.05, 3.63) is 21.7 Å². The maximum Gasteiger partial charge on any atom is 0.347 e. The van der Waals surface area contributed by atoms with Gasteiger partial charge < -0.3 is 10.3 Å². The topological polar surface area (TPSA) is 57.8 Å². The molecule has 0 radical (unpaired) electrons. The van der Waals surface area contributed by atoms with E-state index in [1.807, 2.05) is 7.05 Å². The lowest BCUT2D eigenvalue weighted by atomic mass is 10.1. The second-order valence-electron chi connectivity index (χ2n) is 3.66. The summed E-state index contributed by atoms with van der Waals surface area (Å²) in [7, 11) is 1.81. The zero-order valence-corrected chi connectivity index (χ0v) is 8.39. The van der Waals surface area contributed by atoms with E-state index in [4.69, 9.17) is 0 Å². The summed E-state index contributed by atoms with van der Waals surface area (Å²) < 4.78 is 0. The van der Waals surface area contributed by atoms with Crippen LogP contribution in [0.3, 0.4) is 0 Å². The quantitative estimate of drug-likeness (QED) is 0.656. The van der Waals surface area contributed by atoms with E-state index in [2.05, 4.69) is 15.3 Å². The predicted molar refractivity (Wildman–Crippen MR) is 55.7 cm³/mol. The lowest BCUT2D eigenvalue weighted by Gasteiger charge is -2.09. The van der Waals surface area contributed by atoms with Crippen LogP contribution in [0.15, 0.2) is 4.79 Å². The van der Waals surface area contributed by atoms with Crippen LogP contribution in [0.5, 0.6) is 0 Å². The normalized spacial score (nSPS) is 15.8. The molecule has 4 nitrogen and oxygen atoms in total. The molecule has 0 bridgehead atoms. The molecule has 0 aromatic carbocycles. The molecule has 76 valence electrons. The number of nitrogens with zero attached hydrogens (tertiary/aromatic N) is 1. The summed E-state index contributed by atoms with van der Waals surface area (Å²) in [5, 5.41) is 2.99. The van der Waals surface area contributed by atoms with Gasteiger partial charge in [-0.3, -0.25) is 0 Å². The van der Waals surface area contributed by atoms with Crippen LogP contribution in [0.25, 0.3) is 0 Å². The van der Waals surface area contributed by atoms with Gasteiger partial charge >= 0.3 is 5.69 Å². The lowest BCUT2D eigenvalue weighted by Crippen LogP contribution is -2.17. The van der Waals surface area contributed by atoms with E-state index < -0.39 is 0 Å². The highest BCUT2D eigenvalue weighted by atomic mass is 16.1. The van der Waals surface area contributed by atoms with E-state index in [1.54, 1.807) is 0 Å². The fraction of sp³-hybridized carbons (Fsp3) is 0.600. The van der Waals surface area contributed by atoms with Gasteiger partial charge in [-0.2, -0.15) is 4.98 Å². The second kappa shape index (κ2) is 3.82. The minimum atomic E-state index is -0.241. The second-order valence-corrected chi connectivity index (χ2v) is 3.66. The van der Waals surface area contributed by atoms with Gasteiger partial charge in [0, 0.05) is 18.3 Å². The number of hydrogen-bond donors (Lipinski definition) is 2. The third kappa shape index (κ3) is 1.64. The Morgan fingerprint density at radius 1 is 1.29 bits per heavy atom. The SMILES string of the molecule is CNc1nc(=O)[nH]c2c1CCCCC2. The highest BCUT2D eigenvalue weighted by molar-refractivity contribution is 5.45. The number of anilines is 1. The van der Waals surface area contributed by atoms with Gasteiger partial charge in [-0.05, 0) is 25.7 Å². The van der Waals surface area contributed by atoms with Crippen molar-refractivity contribution in [3.63, 3.8) is 0 Å². The smallest absolute Gasteiger partial charge is 0.347 e. The number of hydrogen-bond acceptors (Lipinski definition) is 3. The van der Waals surface area contributed by atoms with E-state index in [-0.39, 0.29) is 5.69 Å². The van der Waals surface area contributed by atoms with E-state index in [1.165, 1.54) is 18.4 Å². The fourth-order valence-corrected chi connectivity index (χ4v) is 2.01. The number of aryl methyl sites for hydroxylation is 1. The molecule has 1 aromatic rings. The van der Waals surface area contributed by atoms with Crippen molar-refractivity contribution < 1.29 is 0 Å². The molecule has 1 heterocycles. The van der Waals surface area contributed by atoms with Gasteiger partial charge in [-0.25, -0.2) is 4.79 Å². The Hall–Kier alpha value is -1.32. The Bertz CT molecular complexity index is 383. The minimum absolute atomic E-state index is 0.241. The van der Waals surface area contributed by atoms with Crippen molar-refractivity contribution in [1.29, 1.82) is 0 Å². The first kappa shape index (κ1) is 9.24. The number of H-pyrrole nitrogens is 1. The molecule has 14 heavy (non-hydrogen) atoms. The molecule has 0 fully saturated rings. The van der Waals surface area contributed by atoms with Crippen molar-refractivity contribution >= 4 is 5.82 Å². The highest BCUT2D eigenvalue weighted by Crippen LogP contribution is 2.22. The van der Waals surface area contributed by atoms with Crippen LogP contribution in [0.1, 0.15) is 30.5 Å². The van der Waals surface area contributed by atoms with Crippen molar-refractivity contribution in [2.45, 2.75) is 32.1 Å². The molecular formula is C10H15N3O. The summed E-state index contributed by atoms with van der Waals surface area (Å²) in [5.41, 5.74) is 2.03. The zero-order chi connectivity index (χ0) is 9.97. The predicted octanol–water partition coefficient (Wildman–Crippen LogP) is 1.08. The maximum atomic E-state index is 11.2. The summed E-state index contributed by atoms with van der Waals surface area (Å²) in [6.45, 7) is 0. The number of nitrogens with one attached hydrogen (secondary N) is 2. The Morgan fingerprint density at radius 3 is 2.86 bits per heavy atom. The third-order valence-electron chi connectivity index (χ3n) is 2.71. The molecule has 0 saturated carbocycles. The van der Waals surface area contributed by atoms with Crippen LogP contribution in [0.2, 0.25) is 0 Å². The van der Waals surface area contributed by atoms with Crippen molar-refractivity contribution in [3.8, 4) is 0 Å². The maximum absolute atomic E-state index is 11.2. The largest absolute Gasteiger partial charge is 0.373 e. The summed E-state index contributed by atoms with van der Waals surface area (Å²) in [5.74, 6) is 0.755. The molecule has 1 aliphatic rings. The highest BCUT2D eigenvalue weighted by Gasteiger charge is 2.13. The van der Waals surface area contributed by atoms with Crippen LogP contribution in [0.4, 0.5) is 5.82 Å². The summed E-state index contributed by atoms with van der Waals surface area (Å²) in [6, 6.07) is 0. The van der Waals surface area contributed by atoms with Crippen LogP contribution < -0.4 is 11.0 Å². The summed E-state index contributed by atoms with van der Waals surface area (Å²) >= 11 is 0. The fourth-order valence-electron chi connectivity index (χ4n) is 2.01. The summed E-state index contributed by atoms with van der Waals surface area (Å²) in [6.07, 6.45) is 5.59. The Kier molecular flexibility index (Phi) is 2.52. The van der Waals surface area contributed by atoms with Crippen LogP contribution in [-0.2, 0) is 12.8 Å². The molecule has 1 aromatic heterocycles. The average Bonchev–Trinajstić information content (AvgIpc) is 2.41. The molecule has 2 rings (SSSR count). The third-order valence-corrected chi connectivity index (χ3v) is 2.71. The lowest BCUT2D eigenvalue weighted by molar-refractivity contribution is 0.708. The van der Waals surface area contributed by atoms with E-state index in [0.717, 1.165) is 30.8 Å². The van der Waals surface area contributed by atoms with Gasteiger partial charge in [0.2, 0.25) is 0 Å². The Morgan fingerprint density at radius 2 is 2.07 bits per heavy atom. The number of rotatable bonds is 1.